The fourth-order valence-electron chi connectivity index (χ4n) is 4.05. The van der Waals surface area contributed by atoms with E-state index >= 15 is 4.39 Å². The molecule has 0 aliphatic carbocycles. The summed E-state index contributed by atoms with van der Waals surface area (Å²) in [6, 6.07) is 5.30. The summed E-state index contributed by atoms with van der Waals surface area (Å²) in [6.07, 6.45) is -0.197. The highest BCUT2D eigenvalue weighted by Crippen LogP contribution is 2.26. The van der Waals surface area contributed by atoms with Crippen LogP contribution in [0.4, 0.5) is 4.39 Å². The third kappa shape index (κ3) is 4.04. The Hall–Kier alpha value is -2.88. The van der Waals surface area contributed by atoms with Gasteiger partial charge in [0.25, 0.3) is 5.91 Å². The number of piperidine rings is 1. The van der Waals surface area contributed by atoms with Crippen LogP contribution in [0.2, 0.25) is 0 Å². The number of carbonyl (C=O) groups excluding carboxylic acids is 4. The van der Waals surface area contributed by atoms with Crippen LogP contribution < -0.4 is 5.32 Å². The van der Waals surface area contributed by atoms with Crippen LogP contribution in [0.3, 0.4) is 0 Å². The predicted molar refractivity (Wildman–Crippen MR) is 107 cm³/mol. The zero-order valence-corrected chi connectivity index (χ0v) is 17.2. The lowest BCUT2D eigenvalue weighted by molar-refractivity contribution is -0.146. The summed E-state index contributed by atoms with van der Waals surface area (Å²) in [5.74, 6) is -2.57. The quantitative estimate of drug-likeness (QED) is 0.723. The molecule has 1 unspecified atom stereocenters. The number of nitrogens with one attached hydrogen (secondary N) is 1. The minimum atomic E-state index is -1.83. The highest BCUT2D eigenvalue weighted by molar-refractivity contribution is 7.16. The molecule has 0 radical (unpaired) electrons. The number of carbonyl (C=O) groups is 4. The third-order valence-corrected chi connectivity index (χ3v) is 6.16. The van der Waals surface area contributed by atoms with Crippen molar-refractivity contribution in [2.75, 3.05) is 26.2 Å². The molecule has 0 spiro atoms. The molecule has 2 saturated heterocycles. The predicted octanol–water partition coefficient (Wildman–Crippen LogP) is 1.36. The largest absolute Gasteiger partial charge is 0.337 e. The Labute approximate surface area is 176 Å². The SMILES string of the molecule is CC1(F)CN(C(=O)c2cccc3scnc23)CCN(C(=O)C2CC(=O)NC(=O)C2)C1. The summed E-state index contributed by atoms with van der Waals surface area (Å²) in [5, 5.41) is 2.17. The molecule has 1 N–H and O–H groups in total. The van der Waals surface area contributed by atoms with Gasteiger partial charge in [0.2, 0.25) is 17.7 Å². The van der Waals surface area contributed by atoms with E-state index in [2.05, 4.69) is 10.3 Å². The highest BCUT2D eigenvalue weighted by atomic mass is 32.1. The molecule has 4 amide bonds. The van der Waals surface area contributed by atoms with Crippen LogP contribution in [0.25, 0.3) is 10.2 Å². The van der Waals surface area contributed by atoms with Gasteiger partial charge in [0.05, 0.1) is 40.3 Å². The second kappa shape index (κ2) is 7.75. The van der Waals surface area contributed by atoms with E-state index in [9.17, 15) is 19.2 Å². The molecule has 2 aromatic rings. The van der Waals surface area contributed by atoms with Gasteiger partial charge in [-0.15, -0.1) is 11.3 Å². The van der Waals surface area contributed by atoms with E-state index in [0.717, 1.165) is 4.70 Å². The van der Waals surface area contributed by atoms with Crippen LogP contribution in [0.5, 0.6) is 0 Å². The monoisotopic (exact) mass is 432 g/mol. The van der Waals surface area contributed by atoms with Crippen molar-refractivity contribution in [3.05, 3.63) is 29.3 Å². The van der Waals surface area contributed by atoms with E-state index in [0.29, 0.717) is 11.1 Å². The molecule has 3 heterocycles. The van der Waals surface area contributed by atoms with Crippen molar-refractivity contribution in [1.82, 2.24) is 20.1 Å². The van der Waals surface area contributed by atoms with Gasteiger partial charge >= 0.3 is 0 Å². The van der Waals surface area contributed by atoms with Gasteiger partial charge in [0.1, 0.15) is 5.67 Å². The van der Waals surface area contributed by atoms with Crippen molar-refractivity contribution in [2.24, 2.45) is 5.92 Å². The second-order valence-electron chi connectivity index (χ2n) is 7.98. The molecule has 10 heteroatoms. The number of para-hydroxylation sites is 1. The van der Waals surface area contributed by atoms with Crippen LogP contribution in [0, 0.1) is 5.92 Å². The molecule has 2 fully saturated rings. The minimum absolute atomic E-state index is 0.0987. The van der Waals surface area contributed by atoms with Crippen molar-refractivity contribution in [3.63, 3.8) is 0 Å². The lowest BCUT2D eigenvalue weighted by atomic mass is 9.95. The van der Waals surface area contributed by atoms with Gasteiger partial charge in [0.15, 0.2) is 0 Å². The first kappa shape index (κ1) is 20.4. The van der Waals surface area contributed by atoms with Crippen LogP contribution in [-0.2, 0) is 14.4 Å². The Morgan fingerprint density at radius 3 is 2.57 bits per heavy atom. The Balaban J connectivity index is 1.53. The number of aromatic nitrogens is 1. The maximum absolute atomic E-state index is 15.3. The molecule has 158 valence electrons. The van der Waals surface area contributed by atoms with Gasteiger partial charge < -0.3 is 9.80 Å². The summed E-state index contributed by atoms with van der Waals surface area (Å²) >= 11 is 1.42. The summed E-state index contributed by atoms with van der Waals surface area (Å²) in [6.45, 7) is 1.25. The second-order valence-corrected chi connectivity index (χ2v) is 8.87. The number of nitrogens with zero attached hydrogens (tertiary/aromatic N) is 3. The number of fused-ring (bicyclic) bond motifs is 1. The van der Waals surface area contributed by atoms with Gasteiger partial charge in [-0.2, -0.15) is 0 Å². The van der Waals surface area contributed by atoms with Crippen molar-refractivity contribution in [2.45, 2.75) is 25.4 Å². The Kier molecular flexibility index (Phi) is 5.27. The Morgan fingerprint density at radius 1 is 1.17 bits per heavy atom. The number of benzene rings is 1. The van der Waals surface area contributed by atoms with Crippen molar-refractivity contribution in [3.8, 4) is 0 Å². The number of thiazole rings is 1. The summed E-state index contributed by atoms with van der Waals surface area (Å²) < 4.78 is 16.2. The zero-order valence-electron chi connectivity index (χ0n) is 16.4. The molecule has 8 nitrogen and oxygen atoms in total. The van der Waals surface area contributed by atoms with Gasteiger partial charge in [-0.25, -0.2) is 9.37 Å². The van der Waals surface area contributed by atoms with Crippen LogP contribution in [0.15, 0.2) is 23.7 Å². The average Bonchev–Trinajstić information content (AvgIpc) is 3.10. The number of amides is 4. The molecule has 0 saturated carbocycles. The molecule has 2 aliphatic rings. The number of imide groups is 1. The minimum Gasteiger partial charge on any atom is -0.337 e. The maximum Gasteiger partial charge on any atom is 0.256 e. The lowest BCUT2D eigenvalue weighted by Crippen LogP contribution is -2.49. The van der Waals surface area contributed by atoms with E-state index in [1.54, 1.807) is 17.6 Å². The van der Waals surface area contributed by atoms with E-state index in [1.165, 1.54) is 28.1 Å². The smallest absolute Gasteiger partial charge is 0.256 e. The Morgan fingerprint density at radius 2 is 1.83 bits per heavy atom. The van der Waals surface area contributed by atoms with Crippen LogP contribution >= 0.6 is 11.3 Å². The lowest BCUT2D eigenvalue weighted by Gasteiger charge is -2.30. The van der Waals surface area contributed by atoms with Gasteiger partial charge in [-0.3, -0.25) is 24.5 Å². The molecule has 1 aromatic heterocycles. The number of halogens is 1. The van der Waals surface area contributed by atoms with E-state index in [4.69, 9.17) is 0 Å². The van der Waals surface area contributed by atoms with Crippen LogP contribution in [0.1, 0.15) is 30.1 Å². The standard InChI is InChI=1S/C20H21FN4O4S/c1-20(21)9-24(18(28)12-7-15(26)23-16(27)8-12)5-6-25(10-20)19(29)13-3-2-4-14-17(13)22-11-30-14/h2-4,11-12H,5-10H2,1H3,(H,23,26,27). The summed E-state index contributed by atoms with van der Waals surface area (Å²) in [7, 11) is 0. The molecular formula is C20H21FN4O4S. The summed E-state index contributed by atoms with van der Waals surface area (Å²) in [5.41, 5.74) is 0.806. The maximum atomic E-state index is 15.3. The molecule has 1 atom stereocenters. The molecular weight excluding hydrogens is 411 g/mol. The van der Waals surface area contributed by atoms with Crippen molar-refractivity contribution < 1.29 is 23.6 Å². The molecule has 4 rings (SSSR count). The highest BCUT2D eigenvalue weighted by Gasteiger charge is 2.40. The first-order chi connectivity index (χ1) is 14.2. The molecule has 1 aromatic carbocycles. The number of rotatable bonds is 2. The molecule has 30 heavy (non-hydrogen) atoms. The van der Waals surface area contributed by atoms with E-state index in [-0.39, 0.29) is 44.9 Å². The van der Waals surface area contributed by atoms with Crippen molar-refractivity contribution >= 4 is 45.2 Å². The number of hydrogen-bond donors (Lipinski definition) is 1. The van der Waals surface area contributed by atoms with E-state index < -0.39 is 29.3 Å². The van der Waals surface area contributed by atoms with Gasteiger partial charge in [-0.1, -0.05) is 6.07 Å². The summed E-state index contributed by atoms with van der Waals surface area (Å²) in [4.78, 5) is 56.2. The van der Waals surface area contributed by atoms with Crippen LogP contribution in [-0.4, -0.2) is 70.3 Å². The fraction of sp³-hybridized carbons (Fsp3) is 0.450. The fourth-order valence-corrected chi connectivity index (χ4v) is 4.75. The first-order valence-corrected chi connectivity index (χ1v) is 10.5. The topological polar surface area (TPSA) is 99.7 Å². The average molecular weight is 432 g/mol. The van der Waals surface area contributed by atoms with Crippen molar-refractivity contribution in [1.29, 1.82) is 0 Å². The molecule has 2 aliphatic heterocycles. The normalized spacial score (nSPS) is 23.4. The first-order valence-electron chi connectivity index (χ1n) is 9.65. The third-order valence-electron chi connectivity index (χ3n) is 5.36. The Bertz CT molecular complexity index is 1020. The molecule has 0 bridgehead atoms. The number of hydrogen-bond acceptors (Lipinski definition) is 6. The van der Waals surface area contributed by atoms with Gasteiger partial charge in [0, 0.05) is 25.9 Å². The zero-order chi connectivity index (χ0) is 21.5. The van der Waals surface area contributed by atoms with E-state index in [1.807, 2.05) is 6.07 Å². The number of alkyl halides is 1. The van der Waals surface area contributed by atoms with Gasteiger partial charge in [-0.05, 0) is 19.1 Å².